The molecular weight excluding hydrogens is 326 g/mol. The van der Waals surface area contributed by atoms with Crippen molar-refractivity contribution in [2.75, 3.05) is 10.6 Å². The van der Waals surface area contributed by atoms with Gasteiger partial charge in [0.1, 0.15) is 5.69 Å². The second kappa shape index (κ2) is 6.05. The summed E-state index contributed by atoms with van der Waals surface area (Å²) < 4.78 is 0. The fraction of sp³-hybridized carbons (Fsp3) is 0. The summed E-state index contributed by atoms with van der Waals surface area (Å²) in [6, 6.07) is 7.25. The third-order valence-electron chi connectivity index (χ3n) is 3.22. The van der Waals surface area contributed by atoms with Crippen molar-refractivity contribution in [3.05, 3.63) is 53.9 Å². The van der Waals surface area contributed by atoms with Crippen LogP contribution in [0.15, 0.2) is 48.2 Å². The monoisotopic (exact) mass is 337 g/mol. The van der Waals surface area contributed by atoms with Crippen LogP contribution < -0.4 is 10.6 Å². The molecule has 0 atom stereocenters. The Labute approximate surface area is 140 Å². The third-order valence-corrected chi connectivity index (χ3v) is 3.98. The Hall–Kier alpha value is -3.33. The smallest absolute Gasteiger partial charge is 0.275 e. The second-order valence-corrected chi connectivity index (χ2v) is 5.72. The maximum absolute atomic E-state index is 12.3. The molecule has 24 heavy (non-hydrogen) atoms. The number of aromatic amines is 1. The Bertz CT molecular complexity index is 995. The maximum Gasteiger partial charge on any atom is 0.275 e. The van der Waals surface area contributed by atoms with Gasteiger partial charge >= 0.3 is 0 Å². The fourth-order valence-corrected chi connectivity index (χ4v) is 2.79. The van der Waals surface area contributed by atoms with E-state index in [4.69, 9.17) is 0 Å². The number of aromatic nitrogens is 5. The lowest BCUT2D eigenvalue weighted by molar-refractivity contribution is 0.102. The van der Waals surface area contributed by atoms with Gasteiger partial charge in [0.05, 0.1) is 11.7 Å². The van der Waals surface area contributed by atoms with Crippen molar-refractivity contribution in [3.63, 3.8) is 0 Å². The molecule has 1 aromatic carbocycles. The summed E-state index contributed by atoms with van der Waals surface area (Å²) in [5, 5.41) is 15.8. The van der Waals surface area contributed by atoms with Crippen LogP contribution in [0.4, 0.5) is 16.8 Å². The molecule has 0 bridgehead atoms. The summed E-state index contributed by atoms with van der Waals surface area (Å²) in [6.45, 7) is 0. The standard InChI is InChI=1S/C15H11N7OS/c23-13(19-10-3-2-9-7-18-22-11(9)6-10)12-8-24-15(20-12)21-14-16-4-1-5-17-14/h1-8H,(H,18,22)(H,19,23)(H,16,17,20,21). The molecule has 3 heterocycles. The zero-order valence-corrected chi connectivity index (χ0v) is 13.0. The highest BCUT2D eigenvalue weighted by atomic mass is 32.1. The Morgan fingerprint density at radius 3 is 2.96 bits per heavy atom. The number of hydrogen-bond donors (Lipinski definition) is 3. The van der Waals surface area contributed by atoms with E-state index in [-0.39, 0.29) is 5.91 Å². The average molecular weight is 337 g/mol. The number of nitrogens with zero attached hydrogens (tertiary/aromatic N) is 4. The van der Waals surface area contributed by atoms with Gasteiger partial charge in [0, 0.05) is 28.8 Å². The fourth-order valence-electron chi connectivity index (χ4n) is 2.10. The summed E-state index contributed by atoms with van der Waals surface area (Å²) in [7, 11) is 0. The normalized spacial score (nSPS) is 10.7. The quantitative estimate of drug-likeness (QED) is 0.528. The van der Waals surface area contributed by atoms with Gasteiger partial charge in [-0.15, -0.1) is 11.3 Å². The van der Waals surface area contributed by atoms with E-state index in [0.29, 0.717) is 22.5 Å². The molecule has 0 aliphatic heterocycles. The molecule has 3 aromatic heterocycles. The van der Waals surface area contributed by atoms with Crippen LogP contribution in [0.3, 0.4) is 0 Å². The highest BCUT2D eigenvalue weighted by molar-refractivity contribution is 7.14. The summed E-state index contributed by atoms with van der Waals surface area (Å²) in [5.74, 6) is 0.149. The van der Waals surface area contributed by atoms with E-state index in [2.05, 4.69) is 35.8 Å². The molecule has 0 fully saturated rings. The van der Waals surface area contributed by atoms with Gasteiger partial charge in [-0.1, -0.05) is 0 Å². The second-order valence-electron chi connectivity index (χ2n) is 4.86. The Morgan fingerprint density at radius 1 is 1.21 bits per heavy atom. The SMILES string of the molecule is O=C(Nc1ccc2cn[nH]c2c1)c1csc(Nc2ncccn2)n1. The number of fused-ring (bicyclic) bond motifs is 1. The van der Waals surface area contributed by atoms with E-state index in [9.17, 15) is 4.79 Å². The first-order valence-electron chi connectivity index (χ1n) is 7.02. The van der Waals surface area contributed by atoms with Crippen molar-refractivity contribution in [1.82, 2.24) is 25.1 Å². The van der Waals surface area contributed by atoms with E-state index in [1.54, 1.807) is 30.0 Å². The minimum atomic E-state index is -0.285. The third kappa shape index (κ3) is 2.92. The molecule has 9 heteroatoms. The van der Waals surface area contributed by atoms with Crippen LogP contribution in [0.5, 0.6) is 0 Å². The summed E-state index contributed by atoms with van der Waals surface area (Å²) >= 11 is 1.31. The number of carbonyl (C=O) groups excluding carboxylic acids is 1. The van der Waals surface area contributed by atoms with Crippen molar-refractivity contribution in [1.29, 1.82) is 0 Å². The molecule has 3 N–H and O–H groups in total. The molecule has 0 saturated carbocycles. The Kier molecular flexibility index (Phi) is 3.60. The van der Waals surface area contributed by atoms with Crippen molar-refractivity contribution in [2.24, 2.45) is 0 Å². The molecule has 0 radical (unpaired) electrons. The molecule has 0 aliphatic carbocycles. The number of H-pyrrole nitrogens is 1. The minimum absolute atomic E-state index is 0.285. The molecule has 0 unspecified atom stereocenters. The number of amides is 1. The highest BCUT2D eigenvalue weighted by Gasteiger charge is 2.12. The van der Waals surface area contributed by atoms with Crippen molar-refractivity contribution in [2.45, 2.75) is 0 Å². The van der Waals surface area contributed by atoms with Gasteiger partial charge in [-0.2, -0.15) is 5.10 Å². The van der Waals surface area contributed by atoms with E-state index in [1.807, 2.05) is 18.2 Å². The molecule has 4 aromatic rings. The lowest BCUT2D eigenvalue weighted by atomic mass is 10.2. The van der Waals surface area contributed by atoms with Crippen LogP contribution in [0, 0.1) is 0 Å². The van der Waals surface area contributed by atoms with Gasteiger partial charge in [0.25, 0.3) is 5.91 Å². The van der Waals surface area contributed by atoms with E-state index in [0.717, 1.165) is 10.9 Å². The highest BCUT2D eigenvalue weighted by Crippen LogP contribution is 2.21. The number of hydrogen-bond acceptors (Lipinski definition) is 7. The first-order chi connectivity index (χ1) is 11.8. The van der Waals surface area contributed by atoms with Gasteiger partial charge in [-0.25, -0.2) is 15.0 Å². The molecule has 0 spiro atoms. The largest absolute Gasteiger partial charge is 0.321 e. The number of rotatable bonds is 4. The first-order valence-corrected chi connectivity index (χ1v) is 7.90. The van der Waals surface area contributed by atoms with Gasteiger partial charge in [-0.05, 0) is 24.3 Å². The lowest BCUT2D eigenvalue weighted by Gasteiger charge is -2.03. The Balaban J connectivity index is 1.48. The molecular formula is C15H11N7OS. The molecule has 8 nitrogen and oxygen atoms in total. The summed E-state index contributed by atoms with van der Waals surface area (Å²) in [6.07, 6.45) is 4.98. The number of anilines is 3. The van der Waals surface area contributed by atoms with Crippen molar-refractivity contribution < 1.29 is 4.79 Å². The van der Waals surface area contributed by atoms with Crippen LogP contribution in [-0.2, 0) is 0 Å². The predicted molar refractivity (Wildman–Crippen MR) is 91.5 cm³/mol. The number of thiazole rings is 1. The molecule has 0 aliphatic rings. The lowest BCUT2D eigenvalue weighted by Crippen LogP contribution is -2.12. The molecule has 118 valence electrons. The topological polar surface area (TPSA) is 108 Å². The van der Waals surface area contributed by atoms with Gasteiger partial charge < -0.3 is 10.6 Å². The van der Waals surface area contributed by atoms with Crippen LogP contribution in [0.25, 0.3) is 10.9 Å². The van der Waals surface area contributed by atoms with Gasteiger partial charge in [0.15, 0.2) is 5.13 Å². The van der Waals surface area contributed by atoms with E-state index < -0.39 is 0 Å². The predicted octanol–water partition coefficient (Wildman–Crippen LogP) is 2.81. The van der Waals surface area contributed by atoms with Gasteiger partial charge in [0.2, 0.25) is 5.95 Å². The molecule has 4 rings (SSSR count). The summed E-state index contributed by atoms with van der Waals surface area (Å²) in [4.78, 5) is 24.7. The number of benzene rings is 1. The average Bonchev–Trinajstić information content (AvgIpc) is 3.24. The first kappa shape index (κ1) is 14.3. The van der Waals surface area contributed by atoms with Crippen molar-refractivity contribution in [3.8, 4) is 0 Å². The van der Waals surface area contributed by atoms with E-state index in [1.165, 1.54) is 11.3 Å². The molecule has 0 saturated heterocycles. The number of carbonyl (C=O) groups is 1. The van der Waals surface area contributed by atoms with Gasteiger partial charge in [-0.3, -0.25) is 9.89 Å². The summed E-state index contributed by atoms with van der Waals surface area (Å²) in [5.41, 5.74) is 1.85. The Morgan fingerprint density at radius 2 is 2.08 bits per heavy atom. The van der Waals surface area contributed by atoms with Crippen LogP contribution in [0.2, 0.25) is 0 Å². The molecule has 1 amide bonds. The van der Waals surface area contributed by atoms with E-state index >= 15 is 0 Å². The zero-order valence-electron chi connectivity index (χ0n) is 12.2. The van der Waals surface area contributed by atoms with Crippen LogP contribution in [0.1, 0.15) is 10.5 Å². The minimum Gasteiger partial charge on any atom is -0.321 e. The van der Waals surface area contributed by atoms with Crippen molar-refractivity contribution >= 4 is 44.9 Å². The van der Waals surface area contributed by atoms with Crippen LogP contribution >= 0.6 is 11.3 Å². The zero-order chi connectivity index (χ0) is 16.4. The van der Waals surface area contributed by atoms with Crippen LogP contribution in [-0.4, -0.2) is 31.1 Å². The number of nitrogens with one attached hydrogen (secondary N) is 3. The maximum atomic E-state index is 12.3.